The van der Waals surface area contributed by atoms with Crippen LogP contribution in [0, 0.1) is 11.8 Å². The number of ether oxygens (including phenoxy) is 13. The predicted molar refractivity (Wildman–Crippen MR) is 232 cm³/mol. The number of carbonyl (C=O) groups excluding carboxylic acids is 1. The highest BCUT2D eigenvalue weighted by Gasteiger charge is 2.83. The predicted octanol–water partition coefficient (Wildman–Crippen LogP) is 6.06. The normalized spacial score (nSPS) is 51.9. The molecule has 1 aromatic rings. The Labute approximate surface area is 387 Å². The molecule has 12 bridgehead atoms. The van der Waals surface area contributed by atoms with Crippen LogP contribution in [0.4, 0.5) is 0 Å². The van der Waals surface area contributed by atoms with Crippen LogP contribution in [0.5, 0.6) is 5.75 Å². The first-order chi connectivity index (χ1) is 31.9. The van der Waals surface area contributed by atoms with Crippen molar-refractivity contribution in [3.63, 3.8) is 0 Å². The summed E-state index contributed by atoms with van der Waals surface area (Å²) in [5.41, 5.74) is 2.92. The fourth-order valence-electron chi connectivity index (χ4n) is 13.7. The molecule has 12 saturated heterocycles. The topological polar surface area (TPSA) is 157 Å². The molecule has 0 aliphatic carbocycles. The molecular formula is C51H68O15. The quantitative estimate of drug-likeness (QED) is 0.274. The molecule has 0 saturated carbocycles. The number of aliphatic hydroxyl groups excluding tert-OH is 1. The lowest BCUT2D eigenvalue weighted by Crippen LogP contribution is -2.63. The lowest BCUT2D eigenvalue weighted by molar-refractivity contribution is -0.329. The smallest absolute Gasteiger partial charge is 0.308 e. The van der Waals surface area contributed by atoms with Gasteiger partial charge in [0.2, 0.25) is 11.6 Å². The molecular weight excluding hydrogens is 853 g/mol. The molecule has 0 amide bonds. The second-order valence-electron chi connectivity index (χ2n) is 21.3. The Morgan fingerprint density at radius 1 is 0.712 bits per heavy atom. The van der Waals surface area contributed by atoms with Crippen LogP contribution >= 0.6 is 0 Å². The zero-order valence-corrected chi connectivity index (χ0v) is 38.7. The van der Waals surface area contributed by atoms with Crippen LogP contribution in [0.3, 0.4) is 0 Å². The van der Waals surface area contributed by atoms with Crippen molar-refractivity contribution in [3.8, 4) is 5.75 Å². The molecule has 66 heavy (non-hydrogen) atoms. The van der Waals surface area contributed by atoms with Crippen LogP contribution < -0.4 is 4.74 Å². The number of aliphatic hydroxyl groups is 1. The van der Waals surface area contributed by atoms with Crippen molar-refractivity contribution < 1.29 is 71.5 Å². The van der Waals surface area contributed by atoms with Gasteiger partial charge in [-0.15, -0.1) is 0 Å². The minimum Gasteiger partial charge on any atom is -0.497 e. The standard InChI is InChI=1S/C51H68O15/c1-7-8-35-33(52)22-38-41(59-35)27(5)42-39(58-38)23-37-26(4)24(2)19-30(56-37)13-15-34-25(3)20-32(55-34)17-18-50-49-51(66-48(62-49)28-9-11-29(54-6)12-10-28)47(65-50)46-45(64-51)44(63-50)43-36(60-46)16-14-31(57-43)21-40(53)61-42/h9-12,24,27,30-39,41-49,52H,3-4,7-8,13-23H2,1-2,5-6H3/t24-,27+,30+,31-,32?,33-,34?,35-,36+,37?,38+,39+,41+,42-,43+,44?,45+,46-,47?,48+,49+,50-,51-/m1/s1. The van der Waals surface area contributed by atoms with Gasteiger partial charge in [-0.3, -0.25) is 4.79 Å². The minimum atomic E-state index is -1.29. The van der Waals surface area contributed by atoms with Gasteiger partial charge in [0, 0.05) is 30.7 Å². The summed E-state index contributed by atoms with van der Waals surface area (Å²) in [4.78, 5) is 14.3. The Balaban J connectivity index is 0.853. The summed E-state index contributed by atoms with van der Waals surface area (Å²) in [7, 11) is 1.64. The van der Waals surface area contributed by atoms with Crippen LogP contribution in [-0.4, -0.2) is 140 Å². The summed E-state index contributed by atoms with van der Waals surface area (Å²) >= 11 is 0. The number of fused-ring (bicyclic) bond motifs is 7. The van der Waals surface area contributed by atoms with Gasteiger partial charge in [0.25, 0.3) is 0 Å². The maximum absolute atomic E-state index is 14.3. The van der Waals surface area contributed by atoms with Gasteiger partial charge in [-0.25, -0.2) is 0 Å². The van der Waals surface area contributed by atoms with Crippen molar-refractivity contribution >= 4 is 5.97 Å². The largest absolute Gasteiger partial charge is 0.497 e. The molecule has 0 radical (unpaired) electrons. The number of esters is 1. The van der Waals surface area contributed by atoms with E-state index in [1.807, 2.05) is 24.3 Å². The number of benzene rings is 1. The highest BCUT2D eigenvalue weighted by molar-refractivity contribution is 5.70. The van der Waals surface area contributed by atoms with Gasteiger partial charge in [-0.05, 0) is 80.6 Å². The van der Waals surface area contributed by atoms with E-state index in [9.17, 15) is 9.90 Å². The Morgan fingerprint density at radius 3 is 2.30 bits per heavy atom. The summed E-state index contributed by atoms with van der Waals surface area (Å²) < 4.78 is 88.2. The van der Waals surface area contributed by atoms with E-state index >= 15 is 0 Å². The lowest BCUT2D eigenvalue weighted by Gasteiger charge is -2.51. The van der Waals surface area contributed by atoms with Gasteiger partial charge in [-0.2, -0.15) is 0 Å². The van der Waals surface area contributed by atoms with Crippen molar-refractivity contribution in [3.05, 3.63) is 54.1 Å². The van der Waals surface area contributed by atoms with Gasteiger partial charge in [0.1, 0.15) is 42.4 Å². The number of rotatable bonds is 4. The van der Waals surface area contributed by atoms with E-state index < -0.39 is 78.9 Å². The van der Waals surface area contributed by atoms with Crippen LogP contribution in [-0.2, 0) is 61.6 Å². The Hall–Kier alpha value is -2.51. The third-order valence-corrected chi connectivity index (χ3v) is 17.1. The Kier molecular flexibility index (Phi) is 11.6. The van der Waals surface area contributed by atoms with E-state index in [-0.39, 0.29) is 73.1 Å². The summed E-state index contributed by atoms with van der Waals surface area (Å²) in [5.74, 6) is -2.18. The lowest BCUT2D eigenvalue weighted by atomic mass is 9.79. The third kappa shape index (κ3) is 7.39. The van der Waals surface area contributed by atoms with Gasteiger partial charge >= 0.3 is 5.97 Å². The molecule has 15 heteroatoms. The summed E-state index contributed by atoms with van der Waals surface area (Å²) in [6.07, 6.45) is -0.338. The molecule has 5 unspecified atom stereocenters. The van der Waals surface area contributed by atoms with Crippen LogP contribution in [0.15, 0.2) is 48.6 Å². The first-order valence-corrected chi connectivity index (χ1v) is 25.1. The Morgan fingerprint density at radius 2 is 1.48 bits per heavy atom. The first-order valence-electron chi connectivity index (χ1n) is 25.1. The second-order valence-corrected chi connectivity index (χ2v) is 21.3. The molecule has 12 aliphatic heterocycles. The molecule has 0 aromatic heterocycles. The average molecular weight is 921 g/mol. The SMILES string of the molecule is C=C1CC2CC[C@@]34OC5[C@H]6O[C@H](CC[C@@H]6O[C@H]6C(O3)[C@]3(O[C@@H](c7ccc(OC)cc7)O[C@@H]43)O[C@@H]56)CC(=O)O[C@@H]3[C@@H](C)[C@@H]4O[C@H](CCC)[C@H](O)C[C@@H]4O[C@H]3CC3O[C@@H](CCC1O2)C[C@@H](C)C3=C. The van der Waals surface area contributed by atoms with E-state index in [0.717, 1.165) is 61.0 Å². The number of hydrogen-bond donors (Lipinski definition) is 1. The maximum Gasteiger partial charge on any atom is 0.308 e. The summed E-state index contributed by atoms with van der Waals surface area (Å²) in [6, 6.07) is 7.65. The molecule has 2 spiro atoms. The molecule has 362 valence electrons. The monoisotopic (exact) mass is 920 g/mol. The molecule has 12 aliphatic rings. The van der Waals surface area contributed by atoms with E-state index in [4.69, 9.17) is 61.6 Å². The highest BCUT2D eigenvalue weighted by Crippen LogP contribution is 2.64. The number of methoxy groups -OCH3 is 1. The van der Waals surface area contributed by atoms with Gasteiger partial charge in [-0.1, -0.05) is 52.5 Å². The number of carbonyl (C=O) groups is 1. The molecule has 23 atom stereocenters. The van der Waals surface area contributed by atoms with Gasteiger partial charge in [0.05, 0.1) is 80.7 Å². The fraction of sp³-hybridized carbons (Fsp3) is 0.784. The minimum absolute atomic E-state index is 0.0297. The van der Waals surface area contributed by atoms with E-state index in [2.05, 4.69) is 33.9 Å². The molecule has 15 nitrogen and oxygen atoms in total. The van der Waals surface area contributed by atoms with Gasteiger partial charge in [0.15, 0.2) is 12.4 Å². The van der Waals surface area contributed by atoms with Crippen LogP contribution in [0.1, 0.15) is 116 Å². The first kappa shape index (κ1) is 44.7. The molecule has 12 heterocycles. The van der Waals surface area contributed by atoms with Crippen LogP contribution in [0.2, 0.25) is 0 Å². The highest BCUT2D eigenvalue weighted by atomic mass is 16.9. The Bertz CT molecular complexity index is 2010. The van der Waals surface area contributed by atoms with Crippen molar-refractivity contribution in [1.29, 1.82) is 0 Å². The zero-order chi connectivity index (χ0) is 45.2. The number of hydrogen-bond acceptors (Lipinski definition) is 15. The van der Waals surface area contributed by atoms with Crippen molar-refractivity contribution in [2.45, 2.75) is 232 Å². The molecule has 13 rings (SSSR count). The van der Waals surface area contributed by atoms with Gasteiger partial charge < -0.3 is 66.7 Å². The summed E-state index contributed by atoms with van der Waals surface area (Å²) in [5, 5.41) is 11.1. The van der Waals surface area contributed by atoms with E-state index in [1.165, 1.54) is 0 Å². The average Bonchev–Trinajstić information content (AvgIpc) is 3.98. The summed E-state index contributed by atoms with van der Waals surface area (Å²) in [6.45, 7) is 15.4. The van der Waals surface area contributed by atoms with E-state index in [0.29, 0.717) is 38.5 Å². The molecule has 1 aromatic carbocycles. The van der Waals surface area contributed by atoms with Crippen molar-refractivity contribution in [2.75, 3.05) is 7.11 Å². The van der Waals surface area contributed by atoms with Crippen molar-refractivity contribution in [1.82, 2.24) is 0 Å². The molecule has 1 N–H and O–H groups in total. The fourth-order valence-corrected chi connectivity index (χ4v) is 13.7. The maximum atomic E-state index is 14.3. The second kappa shape index (κ2) is 17.1. The molecule has 12 fully saturated rings. The van der Waals surface area contributed by atoms with Crippen LogP contribution in [0.25, 0.3) is 0 Å². The van der Waals surface area contributed by atoms with E-state index in [1.54, 1.807) is 7.11 Å². The van der Waals surface area contributed by atoms with Crippen molar-refractivity contribution in [2.24, 2.45) is 11.8 Å². The third-order valence-electron chi connectivity index (χ3n) is 17.1. The zero-order valence-electron chi connectivity index (χ0n) is 38.7.